The SMILES string of the molecule is CC(C)CC(C(N)=O)[C@H](CCCc1ccccc1)C(=O)NO. The first kappa shape index (κ1) is 18.2. The minimum atomic E-state index is -0.589. The first-order valence-electron chi connectivity index (χ1n) is 7.72. The van der Waals surface area contributed by atoms with E-state index >= 15 is 0 Å². The summed E-state index contributed by atoms with van der Waals surface area (Å²) in [6.07, 6.45) is 2.63. The number of nitrogens with one attached hydrogen (secondary N) is 1. The molecule has 5 heteroatoms. The first-order chi connectivity index (χ1) is 10.5. The van der Waals surface area contributed by atoms with E-state index in [1.165, 1.54) is 5.56 Å². The van der Waals surface area contributed by atoms with Gasteiger partial charge in [0, 0.05) is 5.92 Å². The molecule has 0 aromatic heterocycles. The van der Waals surface area contributed by atoms with Gasteiger partial charge in [-0.2, -0.15) is 0 Å². The number of carbonyl (C=O) groups excluding carboxylic acids is 2. The zero-order chi connectivity index (χ0) is 16.5. The normalized spacial score (nSPS) is 13.6. The van der Waals surface area contributed by atoms with Gasteiger partial charge in [-0.25, -0.2) is 5.48 Å². The Hall–Kier alpha value is -1.88. The Kier molecular flexibility index (Phi) is 7.60. The predicted molar refractivity (Wildman–Crippen MR) is 84.9 cm³/mol. The molecule has 4 N–H and O–H groups in total. The van der Waals surface area contributed by atoms with E-state index in [2.05, 4.69) is 0 Å². The minimum absolute atomic E-state index is 0.251. The van der Waals surface area contributed by atoms with Crippen molar-refractivity contribution < 1.29 is 14.8 Å². The van der Waals surface area contributed by atoms with Gasteiger partial charge in [-0.15, -0.1) is 0 Å². The maximum atomic E-state index is 11.9. The van der Waals surface area contributed by atoms with E-state index < -0.39 is 23.7 Å². The van der Waals surface area contributed by atoms with Crippen LogP contribution in [0.3, 0.4) is 0 Å². The van der Waals surface area contributed by atoms with Gasteiger partial charge in [0.25, 0.3) is 0 Å². The van der Waals surface area contributed by atoms with Crippen molar-refractivity contribution in [2.75, 3.05) is 0 Å². The molecule has 0 radical (unpaired) electrons. The van der Waals surface area contributed by atoms with Gasteiger partial charge in [-0.05, 0) is 37.2 Å². The minimum Gasteiger partial charge on any atom is -0.369 e. The van der Waals surface area contributed by atoms with Crippen molar-refractivity contribution in [1.29, 1.82) is 0 Å². The molecule has 0 aliphatic carbocycles. The van der Waals surface area contributed by atoms with Crippen LogP contribution in [0.2, 0.25) is 0 Å². The van der Waals surface area contributed by atoms with E-state index in [9.17, 15) is 9.59 Å². The quantitative estimate of drug-likeness (QED) is 0.483. The summed E-state index contributed by atoms with van der Waals surface area (Å²) in [6, 6.07) is 9.95. The van der Waals surface area contributed by atoms with Crippen LogP contribution in [0.4, 0.5) is 0 Å². The lowest BCUT2D eigenvalue weighted by atomic mass is 9.81. The number of aryl methyl sites for hydroxylation is 1. The molecule has 0 bridgehead atoms. The summed E-state index contributed by atoms with van der Waals surface area (Å²) in [5, 5.41) is 8.93. The molecule has 1 unspecified atom stereocenters. The third kappa shape index (κ3) is 5.85. The van der Waals surface area contributed by atoms with Gasteiger partial charge in [0.2, 0.25) is 11.8 Å². The molecule has 122 valence electrons. The molecule has 0 heterocycles. The predicted octanol–water partition coefficient (Wildman–Crippen LogP) is 2.28. The molecular weight excluding hydrogens is 280 g/mol. The third-order valence-electron chi connectivity index (χ3n) is 3.85. The maximum absolute atomic E-state index is 11.9. The van der Waals surface area contributed by atoms with Gasteiger partial charge >= 0.3 is 0 Å². The smallest absolute Gasteiger partial charge is 0.247 e. The van der Waals surface area contributed by atoms with Crippen molar-refractivity contribution in [3.63, 3.8) is 0 Å². The van der Waals surface area contributed by atoms with E-state index in [0.717, 1.165) is 12.8 Å². The Bertz CT molecular complexity index is 474. The average Bonchev–Trinajstić information content (AvgIpc) is 2.49. The third-order valence-corrected chi connectivity index (χ3v) is 3.85. The van der Waals surface area contributed by atoms with Crippen molar-refractivity contribution in [1.82, 2.24) is 5.48 Å². The standard InChI is InChI=1S/C17H26N2O3/c1-12(2)11-15(16(18)20)14(17(21)19-22)10-6-9-13-7-4-3-5-8-13/h3-5,7-8,12,14-15,22H,6,9-11H2,1-2H3,(H2,18,20)(H,19,21)/t14-,15?/m0/s1. The fourth-order valence-corrected chi connectivity index (χ4v) is 2.76. The molecule has 0 aliphatic heterocycles. The Morgan fingerprint density at radius 2 is 1.82 bits per heavy atom. The van der Waals surface area contributed by atoms with E-state index in [0.29, 0.717) is 12.8 Å². The number of primary amides is 1. The fourth-order valence-electron chi connectivity index (χ4n) is 2.76. The second-order valence-electron chi connectivity index (χ2n) is 6.10. The number of carbonyl (C=O) groups is 2. The van der Waals surface area contributed by atoms with Gasteiger partial charge in [0.15, 0.2) is 0 Å². The molecule has 0 spiro atoms. The largest absolute Gasteiger partial charge is 0.369 e. The van der Waals surface area contributed by atoms with Gasteiger partial charge in [0.1, 0.15) is 0 Å². The van der Waals surface area contributed by atoms with Crippen LogP contribution in [0.15, 0.2) is 30.3 Å². The lowest BCUT2D eigenvalue weighted by Crippen LogP contribution is -2.40. The molecule has 2 amide bonds. The molecule has 5 nitrogen and oxygen atoms in total. The molecule has 0 saturated heterocycles. The maximum Gasteiger partial charge on any atom is 0.247 e. The molecule has 1 aromatic carbocycles. The summed E-state index contributed by atoms with van der Waals surface area (Å²) in [4.78, 5) is 23.6. The van der Waals surface area contributed by atoms with Gasteiger partial charge in [0.05, 0.1) is 5.92 Å². The molecule has 0 aliphatic rings. The van der Waals surface area contributed by atoms with Crippen molar-refractivity contribution in [2.24, 2.45) is 23.5 Å². The van der Waals surface area contributed by atoms with Crippen molar-refractivity contribution in [3.8, 4) is 0 Å². The highest BCUT2D eigenvalue weighted by Gasteiger charge is 2.32. The zero-order valence-electron chi connectivity index (χ0n) is 13.3. The number of amides is 2. The average molecular weight is 306 g/mol. The van der Waals surface area contributed by atoms with Gasteiger partial charge in [-0.3, -0.25) is 14.8 Å². The molecule has 0 fully saturated rings. The highest BCUT2D eigenvalue weighted by atomic mass is 16.5. The van der Waals surface area contributed by atoms with Crippen molar-refractivity contribution in [2.45, 2.75) is 39.5 Å². The molecule has 22 heavy (non-hydrogen) atoms. The van der Waals surface area contributed by atoms with Crippen LogP contribution >= 0.6 is 0 Å². The first-order valence-corrected chi connectivity index (χ1v) is 7.72. The number of hydrogen-bond donors (Lipinski definition) is 3. The van der Waals surface area contributed by atoms with Crippen LogP contribution in [0.5, 0.6) is 0 Å². The topological polar surface area (TPSA) is 92.4 Å². The lowest BCUT2D eigenvalue weighted by molar-refractivity contribution is -0.140. The number of rotatable bonds is 9. The van der Waals surface area contributed by atoms with Gasteiger partial charge < -0.3 is 5.73 Å². The van der Waals surface area contributed by atoms with E-state index in [-0.39, 0.29) is 5.92 Å². The number of benzene rings is 1. The monoisotopic (exact) mass is 306 g/mol. The van der Waals surface area contributed by atoms with Crippen LogP contribution in [0.25, 0.3) is 0 Å². The molecule has 2 atom stereocenters. The molecule has 1 aromatic rings. The van der Waals surface area contributed by atoms with E-state index in [1.807, 2.05) is 44.2 Å². The Balaban J connectivity index is 2.70. The van der Waals surface area contributed by atoms with Crippen molar-refractivity contribution >= 4 is 11.8 Å². The summed E-state index contributed by atoms with van der Waals surface area (Å²) < 4.78 is 0. The fraction of sp³-hybridized carbons (Fsp3) is 0.529. The molecule has 0 saturated carbocycles. The molecular formula is C17H26N2O3. The summed E-state index contributed by atoms with van der Waals surface area (Å²) in [7, 11) is 0. The summed E-state index contributed by atoms with van der Waals surface area (Å²) in [6.45, 7) is 3.96. The van der Waals surface area contributed by atoms with E-state index in [4.69, 9.17) is 10.9 Å². The van der Waals surface area contributed by atoms with Crippen molar-refractivity contribution in [3.05, 3.63) is 35.9 Å². The lowest BCUT2D eigenvalue weighted by Gasteiger charge is -2.24. The zero-order valence-corrected chi connectivity index (χ0v) is 13.3. The van der Waals surface area contributed by atoms with E-state index in [1.54, 1.807) is 5.48 Å². The highest BCUT2D eigenvalue weighted by Crippen LogP contribution is 2.25. The summed E-state index contributed by atoms with van der Waals surface area (Å²) in [5.74, 6) is -1.91. The highest BCUT2D eigenvalue weighted by molar-refractivity contribution is 5.86. The number of hydrogen-bond acceptors (Lipinski definition) is 3. The Morgan fingerprint density at radius 3 is 2.32 bits per heavy atom. The summed E-state index contributed by atoms with van der Waals surface area (Å²) in [5.41, 5.74) is 8.32. The summed E-state index contributed by atoms with van der Waals surface area (Å²) >= 11 is 0. The van der Waals surface area contributed by atoms with Crippen LogP contribution in [-0.2, 0) is 16.0 Å². The van der Waals surface area contributed by atoms with Crippen LogP contribution in [0, 0.1) is 17.8 Å². The second-order valence-corrected chi connectivity index (χ2v) is 6.10. The van der Waals surface area contributed by atoms with Gasteiger partial charge in [-0.1, -0.05) is 44.2 Å². The van der Waals surface area contributed by atoms with Crippen LogP contribution in [-0.4, -0.2) is 17.0 Å². The number of nitrogens with two attached hydrogens (primary N) is 1. The molecule has 1 rings (SSSR count). The Morgan fingerprint density at radius 1 is 1.18 bits per heavy atom. The second kappa shape index (κ2) is 9.20. The Labute approximate surface area is 131 Å². The number of hydroxylamine groups is 1. The van der Waals surface area contributed by atoms with Crippen LogP contribution in [0.1, 0.15) is 38.7 Å². The van der Waals surface area contributed by atoms with Crippen LogP contribution < -0.4 is 11.2 Å².